The van der Waals surface area contributed by atoms with Crippen LogP contribution in [0.4, 0.5) is 8.78 Å². The summed E-state index contributed by atoms with van der Waals surface area (Å²) in [5.74, 6) is -2.35. The van der Waals surface area contributed by atoms with Gasteiger partial charge in [-0.05, 0) is 29.0 Å². The fourth-order valence-corrected chi connectivity index (χ4v) is 3.51. The Morgan fingerprint density at radius 2 is 2.09 bits per heavy atom. The second kappa shape index (κ2) is 9.16. The summed E-state index contributed by atoms with van der Waals surface area (Å²) in [6.07, 6.45) is 0.411. The fraction of sp³-hybridized carbons (Fsp3) is 0.250. The number of halogens is 3. The summed E-state index contributed by atoms with van der Waals surface area (Å²) >= 11 is 6.01. The van der Waals surface area contributed by atoms with Crippen molar-refractivity contribution in [3.8, 4) is 22.5 Å². The number of ether oxygens (including phenoxy) is 1. The van der Waals surface area contributed by atoms with E-state index in [2.05, 4.69) is 25.7 Å². The molecule has 3 N–H and O–H groups in total. The molecular formula is C20H17ClF2N7O3. The summed E-state index contributed by atoms with van der Waals surface area (Å²) in [4.78, 5) is 28.5. The normalized spacial score (nSPS) is 15.8. The predicted octanol–water partition coefficient (Wildman–Crippen LogP) is 0.988. The van der Waals surface area contributed by atoms with Crippen molar-refractivity contribution in [2.45, 2.75) is 12.5 Å². The number of primary amides is 1. The monoisotopic (exact) mass is 476 g/mol. The van der Waals surface area contributed by atoms with Crippen molar-refractivity contribution in [3.05, 3.63) is 52.7 Å². The van der Waals surface area contributed by atoms with Crippen LogP contribution in [0.25, 0.3) is 22.5 Å². The minimum absolute atomic E-state index is 0.0115. The Kier molecular flexibility index (Phi) is 6.29. The molecule has 10 nitrogen and oxygen atoms in total. The molecule has 0 aliphatic carbocycles. The lowest BCUT2D eigenvalue weighted by Crippen LogP contribution is -2.53. The first-order valence-corrected chi connectivity index (χ1v) is 10.1. The van der Waals surface area contributed by atoms with Crippen LogP contribution in [0.3, 0.4) is 0 Å². The maximum atomic E-state index is 14.8. The van der Waals surface area contributed by atoms with E-state index in [1.807, 2.05) is 0 Å². The third kappa shape index (κ3) is 4.66. The number of aryl methyl sites for hydroxylation is 1. The van der Waals surface area contributed by atoms with E-state index in [0.29, 0.717) is 0 Å². The number of amides is 2. The van der Waals surface area contributed by atoms with Crippen LogP contribution >= 0.6 is 11.6 Å². The van der Waals surface area contributed by atoms with Gasteiger partial charge in [-0.2, -0.15) is 4.80 Å². The van der Waals surface area contributed by atoms with E-state index < -0.39 is 29.6 Å². The van der Waals surface area contributed by atoms with Crippen molar-refractivity contribution < 1.29 is 23.1 Å². The molecule has 13 heteroatoms. The SMILES string of the molecule is Cn1nnc(-c2c(F)cc(Cl)cc2-c2cnc(CCNC(=O)[C]3CO[C@H]3C(N)=O)c(F)c2)n1. The van der Waals surface area contributed by atoms with E-state index in [1.165, 1.54) is 30.2 Å². The van der Waals surface area contributed by atoms with Crippen LogP contribution in [0.1, 0.15) is 5.69 Å². The van der Waals surface area contributed by atoms with Crippen LogP contribution < -0.4 is 11.1 Å². The van der Waals surface area contributed by atoms with E-state index in [0.717, 1.165) is 6.07 Å². The molecule has 2 amide bonds. The van der Waals surface area contributed by atoms with E-state index in [9.17, 15) is 18.4 Å². The van der Waals surface area contributed by atoms with Crippen molar-refractivity contribution in [3.63, 3.8) is 0 Å². The molecule has 1 atom stereocenters. The second-order valence-electron chi connectivity index (χ2n) is 7.19. The fourth-order valence-electron chi connectivity index (χ4n) is 3.31. The highest BCUT2D eigenvalue weighted by Crippen LogP contribution is 2.35. The number of nitrogens with two attached hydrogens (primary N) is 1. The van der Waals surface area contributed by atoms with Crippen molar-refractivity contribution in [1.82, 2.24) is 30.5 Å². The Balaban J connectivity index is 1.50. The standard InChI is InChI=1S/C20H17ClF2N7O3/c1-30-28-19(27-29-30)16-11(5-10(21)6-14(16)23)9-4-13(22)15(26-7-9)2-3-25-20(32)12-8-33-17(12)18(24)31/h4-7,17H,2-3,8H2,1H3,(H2,24,31)(H,25,32)/t17-/m1/s1. The molecule has 1 radical (unpaired) electrons. The van der Waals surface area contributed by atoms with Gasteiger partial charge in [-0.1, -0.05) is 11.6 Å². The highest BCUT2D eigenvalue weighted by Gasteiger charge is 2.42. The number of benzene rings is 1. The Morgan fingerprint density at radius 3 is 2.70 bits per heavy atom. The third-order valence-corrected chi connectivity index (χ3v) is 5.15. The van der Waals surface area contributed by atoms with Crippen LogP contribution in [-0.4, -0.2) is 56.3 Å². The zero-order valence-electron chi connectivity index (χ0n) is 17.2. The molecule has 1 aliphatic heterocycles. The van der Waals surface area contributed by atoms with Crippen LogP contribution in [0.5, 0.6) is 0 Å². The summed E-state index contributed by atoms with van der Waals surface area (Å²) in [6, 6.07) is 3.75. The van der Waals surface area contributed by atoms with Gasteiger partial charge in [0.15, 0.2) is 6.10 Å². The van der Waals surface area contributed by atoms with Crippen LogP contribution in [0, 0.1) is 17.6 Å². The number of nitrogens with zero attached hydrogens (tertiary/aromatic N) is 5. The van der Waals surface area contributed by atoms with Gasteiger partial charge in [0.25, 0.3) is 0 Å². The van der Waals surface area contributed by atoms with E-state index >= 15 is 0 Å². The molecule has 0 saturated carbocycles. The zero-order valence-corrected chi connectivity index (χ0v) is 17.9. The Hall–Kier alpha value is -3.51. The number of aromatic nitrogens is 5. The van der Waals surface area contributed by atoms with Gasteiger partial charge in [-0.15, -0.1) is 10.2 Å². The summed E-state index contributed by atoms with van der Waals surface area (Å²) in [5.41, 5.74) is 5.73. The van der Waals surface area contributed by atoms with E-state index in [4.69, 9.17) is 22.1 Å². The molecule has 1 aromatic carbocycles. The summed E-state index contributed by atoms with van der Waals surface area (Å²) < 4.78 is 34.4. The average molecular weight is 477 g/mol. The smallest absolute Gasteiger partial charge is 0.247 e. The number of carbonyl (C=O) groups excluding carboxylic acids is 2. The lowest BCUT2D eigenvalue weighted by Gasteiger charge is -2.32. The number of nitrogens with one attached hydrogen (secondary N) is 1. The molecule has 0 unspecified atom stereocenters. The van der Waals surface area contributed by atoms with Crippen LogP contribution in [-0.2, 0) is 27.8 Å². The Bertz CT molecular complexity index is 1240. The maximum Gasteiger partial charge on any atom is 0.247 e. The molecule has 4 rings (SSSR count). The van der Waals surface area contributed by atoms with Gasteiger partial charge < -0.3 is 15.8 Å². The van der Waals surface area contributed by atoms with Gasteiger partial charge in [-0.25, -0.2) is 8.78 Å². The predicted molar refractivity (Wildman–Crippen MR) is 111 cm³/mol. The van der Waals surface area contributed by atoms with Crippen molar-refractivity contribution in [1.29, 1.82) is 0 Å². The molecule has 1 saturated heterocycles. The highest BCUT2D eigenvalue weighted by atomic mass is 35.5. The first kappa shape index (κ1) is 22.7. The van der Waals surface area contributed by atoms with E-state index in [1.54, 1.807) is 0 Å². The molecule has 171 valence electrons. The molecule has 1 aliphatic rings. The molecule has 3 aromatic rings. The average Bonchev–Trinajstić information content (AvgIpc) is 3.13. The maximum absolute atomic E-state index is 14.8. The molecule has 2 aromatic heterocycles. The number of carbonyl (C=O) groups is 2. The number of rotatable bonds is 7. The van der Waals surface area contributed by atoms with Crippen molar-refractivity contribution in [2.24, 2.45) is 12.8 Å². The number of hydrogen-bond acceptors (Lipinski definition) is 7. The van der Waals surface area contributed by atoms with Crippen LogP contribution in [0.15, 0.2) is 24.4 Å². The number of pyridine rings is 1. The quantitative estimate of drug-likeness (QED) is 0.518. The van der Waals surface area contributed by atoms with Crippen molar-refractivity contribution >= 4 is 23.4 Å². The zero-order chi connectivity index (χ0) is 23.7. The first-order chi connectivity index (χ1) is 15.7. The summed E-state index contributed by atoms with van der Waals surface area (Å²) in [6.45, 7) is 0.0809. The minimum Gasteiger partial charge on any atom is -0.367 e. The Morgan fingerprint density at radius 1 is 1.30 bits per heavy atom. The van der Waals surface area contributed by atoms with E-state index in [-0.39, 0.29) is 58.7 Å². The second-order valence-corrected chi connectivity index (χ2v) is 7.63. The minimum atomic E-state index is -1.03. The van der Waals surface area contributed by atoms with Gasteiger partial charge in [0.2, 0.25) is 17.6 Å². The molecule has 0 spiro atoms. The molecule has 33 heavy (non-hydrogen) atoms. The van der Waals surface area contributed by atoms with Gasteiger partial charge >= 0.3 is 0 Å². The summed E-state index contributed by atoms with van der Waals surface area (Å²) in [5, 5.41) is 14.2. The van der Waals surface area contributed by atoms with Crippen molar-refractivity contribution in [2.75, 3.05) is 13.2 Å². The van der Waals surface area contributed by atoms with Gasteiger partial charge in [0.05, 0.1) is 24.9 Å². The number of hydrogen-bond donors (Lipinski definition) is 2. The molecule has 1 fully saturated rings. The highest BCUT2D eigenvalue weighted by molar-refractivity contribution is 6.31. The summed E-state index contributed by atoms with van der Waals surface area (Å²) in [7, 11) is 1.53. The van der Waals surface area contributed by atoms with Gasteiger partial charge in [-0.3, -0.25) is 14.6 Å². The lowest BCUT2D eigenvalue weighted by molar-refractivity contribution is -0.144. The third-order valence-electron chi connectivity index (χ3n) is 4.93. The molecule has 0 bridgehead atoms. The van der Waals surface area contributed by atoms with Crippen LogP contribution in [0.2, 0.25) is 5.02 Å². The topological polar surface area (TPSA) is 138 Å². The largest absolute Gasteiger partial charge is 0.367 e. The van der Waals surface area contributed by atoms with Gasteiger partial charge in [0, 0.05) is 29.7 Å². The van der Waals surface area contributed by atoms with Gasteiger partial charge in [0.1, 0.15) is 17.6 Å². The molecule has 3 heterocycles. The Labute approximate surface area is 191 Å². The molecular weight excluding hydrogens is 460 g/mol. The number of tetrazole rings is 1. The first-order valence-electron chi connectivity index (χ1n) is 9.67. The lowest BCUT2D eigenvalue weighted by atomic mass is 9.96.